The molecule has 0 radical (unpaired) electrons. The molecule has 18 heavy (non-hydrogen) atoms. The first-order valence-electron chi connectivity index (χ1n) is 5.01. The van der Waals surface area contributed by atoms with Gasteiger partial charge in [-0.05, 0) is 23.6 Å². The van der Waals surface area contributed by atoms with E-state index < -0.39 is 23.3 Å². The van der Waals surface area contributed by atoms with E-state index in [0.717, 1.165) is 12.1 Å². The van der Waals surface area contributed by atoms with Gasteiger partial charge in [0.2, 0.25) is 0 Å². The Bertz CT molecular complexity index is 634. The van der Waals surface area contributed by atoms with Crippen LogP contribution in [0.5, 0.6) is 0 Å². The van der Waals surface area contributed by atoms with Crippen molar-refractivity contribution in [3.8, 4) is 0 Å². The first-order valence-corrected chi connectivity index (χ1v) is 5.80. The van der Waals surface area contributed by atoms with E-state index in [0.29, 0.717) is 9.86 Å². The molecule has 0 spiro atoms. The number of hydrogen-bond acceptors (Lipinski definition) is 1. The lowest BCUT2D eigenvalue weighted by atomic mass is 9.96. The molecule has 0 atom stereocenters. The Hall–Kier alpha value is -1.14. The summed E-state index contributed by atoms with van der Waals surface area (Å²) in [5.41, 5.74) is -1.08. The van der Waals surface area contributed by atoms with Crippen LogP contribution in [0, 0.1) is 0 Å². The Kier molecular flexibility index (Phi) is 2.29. The van der Waals surface area contributed by atoms with E-state index in [1.54, 1.807) is 0 Å². The molecule has 0 aliphatic carbocycles. The number of alkyl halides is 4. The van der Waals surface area contributed by atoms with Gasteiger partial charge < -0.3 is 0 Å². The van der Waals surface area contributed by atoms with E-state index >= 15 is 0 Å². The molecule has 0 saturated heterocycles. The number of benzene rings is 2. The van der Waals surface area contributed by atoms with Gasteiger partial charge in [-0.25, -0.2) is 4.74 Å². The lowest BCUT2D eigenvalue weighted by Crippen LogP contribution is -2.34. The predicted molar refractivity (Wildman–Crippen MR) is 60.5 cm³/mol. The van der Waals surface area contributed by atoms with Crippen molar-refractivity contribution in [3.05, 3.63) is 45.9 Å². The fourth-order valence-corrected chi connectivity index (χ4v) is 2.59. The van der Waals surface area contributed by atoms with Crippen LogP contribution in [0.1, 0.15) is 11.1 Å². The minimum Gasteiger partial charge on any atom is -0.247 e. The van der Waals surface area contributed by atoms with Crippen molar-refractivity contribution in [2.75, 3.05) is 0 Å². The summed E-state index contributed by atoms with van der Waals surface area (Å²) in [6.07, 6.45) is -8.01. The fourth-order valence-electron chi connectivity index (χ4n) is 2.13. The van der Waals surface area contributed by atoms with Gasteiger partial charge in [0.05, 0.1) is 11.1 Å². The van der Waals surface area contributed by atoms with Gasteiger partial charge in [-0.1, -0.05) is 28.1 Å². The van der Waals surface area contributed by atoms with Gasteiger partial charge in [-0.2, -0.15) is 17.6 Å². The third kappa shape index (κ3) is 1.48. The second kappa shape index (κ2) is 3.45. The Morgan fingerprint density at radius 3 is 2.17 bits per heavy atom. The topological polar surface area (TPSA) is 9.23 Å². The highest BCUT2D eigenvalue weighted by Gasteiger charge is 2.52. The molecule has 3 rings (SSSR count). The Balaban J connectivity index is 2.53. The molecule has 6 heteroatoms. The zero-order valence-corrected chi connectivity index (χ0v) is 10.3. The van der Waals surface area contributed by atoms with E-state index in [4.69, 9.17) is 0 Å². The van der Waals surface area contributed by atoms with Crippen LogP contribution < -0.4 is 0 Å². The SMILES string of the molecule is FC1(F)OC(F)(F)c2ccc(Br)c3cccc1c23. The van der Waals surface area contributed by atoms with Gasteiger partial charge in [0.15, 0.2) is 0 Å². The van der Waals surface area contributed by atoms with E-state index in [2.05, 4.69) is 20.7 Å². The molecular weight excluding hydrogens is 316 g/mol. The molecule has 0 N–H and O–H groups in total. The van der Waals surface area contributed by atoms with Crippen molar-refractivity contribution in [1.82, 2.24) is 0 Å². The van der Waals surface area contributed by atoms with E-state index in [1.807, 2.05) is 0 Å². The van der Waals surface area contributed by atoms with E-state index in [-0.39, 0.29) is 5.39 Å². The molecule has 0 saturated carbocycles. The van der Waals surface area contributed by atoms with Gasteiger partial charge in [-0.15, -0.1) is 0 Å². The Labute approximate surface area is 107 Å². The lowest BCUT2D eigenvalue weighted by Gasteiger charge is -2.31. The summed E-state index contributed by atoms with van der Waals surface area (Å²) in [6, 6.07) is 6.46. The van der Waals surface area contributed by atoms with Crippen LogP contribution in [0.15, 0.2) is 34.8 Å². The highest BCUT2D eigenvalue weighted by atomic mass is 79.9. The third-order valence-corrected chi connectivity index (χ3v) is 3.56. The van der Waals surface area contributed by atoms with Crippen molar-refractivity contribution in [1.29, 1.82) is 0 Å². The molecule has 0 unspecified atom stereocenters. The number of hydrogen-bond donors (Lipinski definition) is 0. The molecular formula is C12H5BrF4O. The van der Waals surface area contributed by atoms with Gasteiger partial charge >= 0.3 is 12.2 Å². The quantitative estimate of drug-likeness (QED) is 0.637. The van der Waals surface area contributed by atoms with Crippen LogP contribution in [0.3, 0.4) is 0 Å². The van der Waals surface area contributed by atoms with Gasteiger partial charge in [0, 0.05) is 9.86 Å². The molecule has 0 bridgehead atoms. The minimum atomic E-state index is -4.00. The average Bonchev–Trinajstić information content (AvgIpc) is 2.26. The van der Waals surface area contributed by atoms with Crippen molar-refractivity contribution in [3.63, 3.8) is 0 Å². The largest absolute Gasteiger partial charge is 0.388 e. The highest BCUT2D eigenvalue weighted by molar-refractivity contribution is 9.10. The summed E-state index contributed by atoms with van der Waals surface area (Å²) in [7, 11) is 0. The third-order valence-electron chi connectivity index (χ3n) is 2.87. The van der Waals surface area contributed by atoms with E-state index in [9.17, 15) is 17.6 Å². The summed E-state index contributed by atoms with van der Waals surface area (Å²) >= 11 is 3.16. The summed E-state index contributed by atoms with van der Waals surface area (Å²) in [6.45, 7) is 0. The van der Waals surface area contributed by atoms with Crippen LogP contribution in [0.4, 0.5) is 17.6 Å². The summed E-state index contributed by atoms with van der Waals surface area (Å²) in [5, 5.41) is 0.153. The molecule has 2 aromatic rings. The highest BCUT2D eigenvalue weighted by Crippen LogP contribution is 2.51. The van der Waals surface area contributed by atoms with Crippen molar-refractivity contribution < 1.29 is 22.3 Å². The van der Waals surface area contributed by atoms with Gasteiger partial charge in [0.25, 0.3) is 0 Å². The maximum atomic E-state index is 13.6. The first-order chi connectivity index (χ1) is 8.33. The molecule has 2 aromatic carbocycles. The molecule has 1 nitrogen and oxygen atoms in total. The molecule has 1 aliphatic rings. The van der Waals surface area contributed by atoms with Crippen molar-refractivity contribution in [2.24, 2.45) is 0 Å². The first kappa shape index (κ1) is 11.9. The predicted octanol–water partition coefficient (Wildman–Crippen LogP) is 4.73. The zero-order chi connectivity index (χ0) is 13.1. The fraction of sp³-hybridized carbons (Fsp3) is 0.167. The van der Waals surface area contributed by atoms with Crippen LogP contribution in [-0.2, 0) is 17.0 Å². The number of halogens is 5. The molecule has 1 aliphatic heterocycles. The molecule has 94 valence electrons. The number of rotatable bonds is 0. The smallest absolute Gasteiger partial charge is 0.247 e. The van der Waals surface area contributed by atoms with Crippen molar-refractivity contribution in [2.45, 2.75) is 12.2 Å². The van der Waals surface area contributed by atoms with Crippen LogP contribution in [0.25, 0.3) is 10.8 Å². The molecule has 0 amide bonds. The summed E-state index contributed by atoms with van der Waals surface area (Å²) in [4.78, 5) is 0. The summed E-state index contributed by atoms with van der Waals surface area (Å²) in [5.74, 6) is 0. The lowest BCUT2D eigenvalue weighted by molar-refractivity contribution is -0.394. The molecule has 1 heterocycles. The second-order valence-electron chi connectivity index (χ2n) is 3.96. The number of ether oxygens (including phenoxy) is 1. The van der Waals surface area contributed by atoms with Gasteiger partial charge in [0.1, 0.15) is 0 Å². The monoisotopic (exact) mass is 320 g/mol. The minimum absolute atomic E-state index is 0.159. The maximum absolute atomic E-state index is 13.6. The average molecular weight is 321 g/mol. The van der Waals surface area contributed by atoms with Crippen LogP contribution in [-0.4, -0.2) is 0 Å². The van der Waals surface area contributed by atoms with E-state index in [1.165, 1.54) is 18.2 Å². The van der Waals surface area contributed by atoms with Crippen LogP contribution in [0.2, 0.25) is 0 Å². The Morgan fingerprint density at radius 1 is 0.889 bits per heavy atom. The second-order valence-corrected chi connectivity index (χ2v) is 4.81. The summed E-state index contributed by atoms with van der Waals surface area (Å²) < 4.78 is 58.4. The zero-order valence-electron chi connectivity index (χ0n) is 8.68. The normalized spacial score (nSPS) is 20.1. The molecule has 0 fully saturated rings. The maximum Gasteiger partial charge on any atom is 0.388 e. The molecule has 0 aromatic heterocycles. The standard InChI is InChI=1S/C12H5BrF4O/c13-9-5-4-8-10-6(9)2-1-3-7(10)11(14,15)18-12(8,16)17/h1-5H. The Morgan fingerprint density at radius 2 is 1.50 bits per heavy atom. The van der Waals surface area contributed by atoms with Gasteiger partial charge in [-0.3, -0.25) is 0 Å². The van der Waals surface area contributed by atoms with Crippen molar-refractivity contribution >= 4 is 26.7 Å². The van der Waals surface area contributed by atoms with Crippen LogP contribution >= 0.6 is 15.9 Å².